The lowest BCUT2D eigenvalue weighted by molar-refractivity contribution is 0.717. The molecule has 0 N–H and O–H groups in total. The summed E-state index contributed by atoms with van der Waals surface area (Å²) in [6.45, 7) is 2.39. The summed E-state index contributed by atoms with van der Waals surface area (Å²) in [5.41, 5.74) is 12.4. The first-order chi connectivity index (χ1) is 25.2. The van der Waals surface area contributed by atoms with Gasteiger partial charge in [-0.15, -0.1) is 0 Å². The summed E-state index contributed by atoms with van der Waals surface area (Å²) in [7, 11) is 0. The molecular formula is C47H32N4. The molecule has 51 heavy (non-hydrogen) atoms. The van der Waals surface area contributed by atoms with Gasteiger partial charge < -0.3 is 4.57 Å². The van der Waals surface area contributed by atoms with Crippen molar-refractivity contribution in [3.63, 3.8) is 0 Å². The fourth-order valence-corrected chi connectivity index (χ4v) is 8.14. The van der Waals surface area contributed by atoms with Crippen LogP contribution in [0.15, 0.2) is 176 Å². The molecule has 0 saturated carbocycles. The Labute approximate surface area is 296 Å². The van der Waals surface area contributed by atoms with Gasteiger partial charge in [-0.3, -0.25) is 0 Å². The van der Waals surface area contributed by atoms with Crippen LogP contribution in [0.2, 0.25) is 0 Å². The molecular weight excluding hydrogens is 621 g/mol. The fourth-order valence-electron chi connectivity index (χ4n) is 8.14. The second kappa shape index (κ2) is 11.5. The molecule has 1 aliphatic carbocycles. The molecule has 240 valence electrons. The third kappa shape index (κ3) is 4.50. The molecule has 0 amide bonds. The van der Waals surface area contributed by atoms with Crippen LogP contribution in [-0.2, 0) is 5.41 Å². The quantitative estimate of drug-likeness (QED) is 0.186. The van der Waals surface area contributed by atoms with Gasteiger partial charge in [0.15, 0.2) is 17.5 Å². The number of benzene rings is 7. The van der Waals surface area contributed by atoms with Gasteiger partial charge in [0.1, 0.15) is 0 Å². The predicted molar refractivity (Wildman–Crippen MR) is 208 cm³/mol. The van der Waals surface area contributed by atoms with Crippen molar-refractivity contribution in [1.82, 2.24) is 19.5 Å². The lowest BCUT2D eigenvalue weighted by Crippen LogP contribution is -2.23. The molecule has 10 rings (SSSR count). The average molecular weight is 653 g/mol. The number of para-hydroxylation sites is 1. The van der Waals surface area contributed by atoms with Crippen molar-refractivity contribution in [2.45, 2.75) is 12.3 Å². The Morgan fingerprint density at radius 2 is 1.02 bits per heavy atom. The maximum absolute atomic E-state index is 5.06. The molecule has 1 atom stereocenters. The van der Waals surface area contributed by atoms with Crippen molar-refractivity contribution in [2.75, 3.05) is 0 Å². The second-order valence-electron chi connectivity index (χ2n) is 13.4. The molecule has 0 fully saturated rings. The molecule has 0 spiro atoms. The van der Waals surface area contributed by atoms with Crippen LogP contribution in [0.3, 0.4) is 0 Å². The molecule has 4 nitrogen and oxygen atoms in total. The minimum atomic E-state index is -0.361. The molecule has 0 radical (unpaired) electrons. The molecule has 0 aliphatic heterocycles. The zero-order valence-electron chi connectivity index (χ0n) is 28.0. The van der Waals surface area contributed by atoms with Crippen LogP contribution in [0.4, 0.5) is 0 Å². The van der Waals surface area contributed by atoms with Crippen molar-refractivity contribution in [3.05, 3.63) is 193 Å². The van der Waals surface area contributed by atoms with Gasteiger partial charge in [0, 0.05) is 38.6 Å². The van der Waals surface area contributed by atoms with E-state index in [2.05, 4.69) is 127 Å². The highest BCUT2D eigenvalue weighted by molar-refractivity contribution is 6.13. The number of rotatable bonds is 5. The standard InChI is InChI=1S/C47H32N4/c1-47(34-21-9-4-10-22-34)40-26-13-11-24-36(40)38-28-29-39-37-25-12-14-27-41(37)51(43(39)42(38)47)35-23-15-20-33(30-35)46-49-44(31-16-5-2-6-17-31)48-45(50-46)32-18-7-3-8-19-32/h2-30H,1H3. The van der Waals surface area contributed by atoms with Crippen LogP contribution >= 0.6 is 0 Å². The molecule has 2 heterocycles. The average Bonchev–Trinajstić information content (AvgIpc) is 3.69. The smallest absolute Gasteiger partial charge is 0.164 e. The van der Waals surface area contributed by atoms with E-state index in [1.54, 1.807) is 0 Å². The third-order valence-corrected chi connectivity index (χ3v) is 10.5. The zero-order valence-corrected chi connectivity index (χ0v) is 28.0. The van der Waals surface area contributed by atoms with Crippen LogP contribution in [0.25, 0.3) is 72.8 Å². The highest BCUT2D eigenvalue weighted by atomic mass is 15.0. The number of fused-ring (bicyclic) bond motifs is 7. The topological polar surface area (TPSA) is 43.6 Å². The summed E-state index contributed by atoms with van der Waals surface area (Å²) < 4.78 is 2.46. The molecule has 0 saturated heterocycles. The van der Waals surface area contributed by atoms with Crippen molar-refractivity contribution in [2.24, 2.45) is 0 Å². The van der Waals surface area contributed by atoms with Crippen molar-refractivity contribution in [3.8, 4) is 51.0 Å². The molecule has 9 aromatic rings. The Morgan fingerprint density at radius 1 is 0.451 bits per heavy atom. The van der Waals surface area contributed by atoms with Gasteiger partial charge in [0.05, 0.1) is 11.0 Å². The summed E-state index contributed by atoms with van der Waals surface area (Å²) in [5, 5.41) is 2.47. The van der Waals surface area contributed by atoms with E-state index >= 15 is 0 Å². The van der Waals surface area contributed by atoms with Gasteiger partial charge >= 0.3 is 0 Å². The van der Waals surface area contributed by atoms with E-state index in [1.807, 2.05) is 60.7 Å². The SMILES string of the molecule is CC1(c2ccccc2)c2ccccc2-c2ccc3c4ccccc4n(-c4cccc(-c5nc(-c6ccccc6)nc(-c6ccccc6)n5)c4)c3c21. The molecule has 1 aliphatic rings. The largest absolute Gasteiger partial charge is 0.309 e. The second-order valence-corrected chi connectivity index (χ2v) is 13.4. The fraction of sp³-hybridized carbons (Fsp3) is 0.0426. The predicted octanol–water partition coefficient (Wildman–Crippen LogP) is 11.3. The Kier molecular flexibility index (Phi) is 6.58. The number of aromatic nitrogens is 4. The van der Waals surface area contributed by atoms with Crippen molar-refractivity contribution >= 4 is 21.8 Å². The summed E-state index contributed by atoms with van der Waals surface area (Å²) in [6.07, 6.45) is 0. The van der Waals surface area contributed by atoms with E-state index in [0.717, 1.165) is 27.9 Å². The summed E-state index contributed by atoms with van der Waals surface area (Å²) >= 11 is 0. The molecule has 0 bridgehead atoms. The van der Waals surface area contributed by atoms with Gasteiger partial charge in [-0.2, -0.15) is 0 Å². The maximum Gasteiger partial charge on any atom is 0.164 e. The molecule has 7 aromatic carbocycles. The van der Waals surface area contributed by atoms with Crippen molar-refractivity contribution < 1.29 is 0 Å². The van der Waals surface area contributed by atoms with Crippen LogP contribution in [-0.4, -0.2) is 19.5 Å². The minimum Gasteiger partial charge on any atom is -0.309 e. The van der Waals surface area contributed by atoms with Crippen LogP contribution < -0.4 is 0 Å². The normalized spacial score (nSPS) is 14.8. The Bertz CT molecular complexity index is 2690. The number of hydrogen-bond donors (Lipinski definition) is 0. The molecule has 4 heteroatoms. The third-order valence-electron chi connectivity index (χ3n) is 10.5. The van der Waals surface area contributed by atoms with E-state index in [0.29, 0.717) is 17.5 Å². The maximum atomic E-state index is 5.06. The van der Waals surface area contributed by atoms with E-state index in [4.69, 9.17) is 15.0 Å². The number of hydrogen-bond acceptors (Lipinski definition) is 3. The van der Waals surface area contributed by atoms with Crippen molar-refractivity contribution in [1.29, 1.82) is 0 Å². The van der Waals surface area contributed by atoms with E-state index in [1.165, 1.54) is 44.1 Å². The van der Waals surface area contributed by atoms with E-state index < -0.39 is 0 Å². The first kappa shape index (κ1) is 29.3. The van der Waals surface area contributed by atoms with Crippen LogP contribution in [0.5, 0.6) is 0 Å². The van der Waals surface area contributed by atoms with Gasteiger partial charge in [-0.25, -0.2) is 15.0 Å². The number of nitrogens with zero attached hydrogens (tertiary/aromatic N) is 4. The summed E-state index contributed by atoms with van der Waals surface area (Å²) in [4.78, 5) is 15.1. The van der Waals surface area contributed by atoms with Gasteiger partial charge in [0.2, 0.25) is 0 Å². The van der Waals surface area contributed by atoms with Crippen LogP contribution in [0.1, 0.15) is 23.6 Å². The molecule has 1 unspecified atom stereocenters. The van der Waals surface area contributed by atoms with E-state index in [-0.39, 0.29) is 5.41 Å². The zero-order chi connectivity index (χ0) is 33.9. The Hall–Kier alpha value is -6.65. The highest BCUT2D eigenvalue weighted by Crippen LogP contribution is 2.55. The lowest BCUT2D eigenvalue weighted by Gasteiger charge is -2.29. The first-order valence-electron chi connectivity index (χ1n) is 17.4. The van der Waals surface area contributed by atoms with Gasteiger partial charge in [0.25, 0.3) is 0 Å². The van der Waals surface area contributed by atoms with E-state index in [9.17, 15) is 0 Å². The summed E-state index contributed by atoms with van der Waals surface area (Å²) in [6, 6.07) is 62.2. The Balaban J connectivity index is 1.25. The Morgan fingerprint density at radius 3 is 1.73 bits per heavy atom. The molecule has 2 aromatic heterocycles. The van der Waals surface area contributed by atoms with Gasteiger partial charge in [-0.05, 0) is 52.9 Å². The van der Waals surface area contributed by atoms with Crippen LogP contribution in [0, 0.1) is 0 Å². The first-order valence-corrected chi connectivity index (χ1v) is 17.4. The monoisotopic (exact) mass is 652 g/mol. The van der Waals surface area contributed by atoms with Gasteiger partial charge in [-0.1, -0.05) is 158 Å². The summed E-state index contributed by atoms with van der Waals surface area (Å²) in [5.74, 6) is 1.93. The minimum absolute atomic E-state index is 0.361. The highest BCUT2D eigenvalue weighted by Gasteiger charge is 2.43. The lowest BCUT2D eigenvalue weighted by atomic mass is 9.73.